The van der Waals surface area contributed by atoms with Crippen LogP contribution in [0, 0.1) is 11.8 Å². The first kappa shape index (κ1) is 22.3. The van der Waals surface area contributed by atoms with Crippen LogP contribution in [0.1, 0.15) is 26.7 Å². The van der Waals surface area contributed by atoms with Crippen molar-refractivity contribution in [2.75, 3.05) is 19.6 Å². The van der Waals surface area contributed by atoms with Gasteiger partial charge in [0.1, 0.15) is 5.54 Å². The Bertz CT molecular complexity index is 561. The molecule has 0 spiro atoms. The second kappa shape index (κ2) is 8.76. The van der Waals surface area contributed by atoms with Crippen LogP contribution >= 0.6 is 0 Å². The van der Waals surface area contributed by atoms with E-state index in [0.29, 0.717) is 6.42 Å². The van der Waals surface area contributed by atoms with E-state index in [1.165, 1.54) is 0 Å². The molecule has 12 heteroatoms. The molecule has 0 aliphatic carbocycles. The van der Waals surface area contributed by atoms with E-state index in [1.54, 1.807) is 0 Å². The average Bonchev–Trinajstić information content (AvgIpc) is 2.84. The Labute approximate surface area is 148 Å². The van der Waals surface area contributed by atoms with Crippen LogP contribution in [0.2, 0.25) is 6.32 Å². The summed E-state index contributed by atoms with van der Waals surface area (Å²) in [7, 11) is -5.42. The monoisotopic (exact) mass is 380 g/mol. The fraction of sp³-hybridized carbons (Fsp3) is 0.923. The first-order valence-corrected chi connectivity index (χ1v) is 9.74. The highest BCUT2D eigenvalue weighted by Gasteiger charge is 2.52. The number of nitrogens with two attached hydrogens (primary N) is 2. The number of carboxylic acids is 1. The number of rotatable bonds is 10. The third-order valence-corrected chi connectivity index (χ3v) is 6.26. The van der Waals surface area contributed by atoms with Gasteiger partial charge in [0.2, 0.25) is 0 Å². The molecule has 25 heavy (non-hydrogen) atoms. The van der Waals surface area contributed by atoms with Crippen molar-refractivity contribution in [1.29, 1.82) is 0 Å². The molecule has 10 nitrogen and oxygen atoms in total. The fourth-order valence-corrected chi connectivity index (χ4v) is 4.60. The minimum absolute atomic E-state index is 0.0219. The summed E-state index contributed by atoms with van der Waals surface area (Å²) in [5, 5.41) is 27.3. The summed E-state index contributed by atoms with van der Waals surface area (Å²) in [6.07, 6.45) is 0.671. The van der Waals surface area contributed by atoms with Gasteiger partial charge in [-0.05, 0) is 18.7 Å². The fourth-order valence-electron chi connectivity index (χ4n) is 2.94. The van der Waals surface area contributed by atoms with Crippen LogP contribution in [-0.2, 0) is 15.0 Å². The largest absolute Gasteiger partial charge is 0.480 e. The normalized spacial score (nSPS) is 26.1. The zero-order valence-electron chi connectivity index (χ0n) is 14.6. The van der Waals surface area contributed by atoms with Crippen LogP contribution in [0.25, 0.3) is 0 Å². The molecular weight excluding hydrogens is 351 g/mol. The molecule has 0 aromatic carbocycles. The molecule has 0 unspecified atom stereocenters. The zero-order chi connectivity index (χ0) is 19.4. The van der Waals surface area contributed by atoms with Crippen LogP contribution in [-0.4, -0.2) is 72.2 Å². The molecule has 0 saturated carbocycles. The predicted molar refractivity (Wildman–Crippen MR) is 93.6 cm³/mol. The molecule has 146 valence electrons. The molecule has 0 aromatic rings. The van der Waals surface area contributed by atoms with Crippen molar-refractivity contribution in [1.82, 2.24) is 9.03 Å². The van der Waals surface area contributed by atoms with Crippen LogP contribution < -0.4 is 16.2 Å². The lowest BCUT2D eigenvalue weighted by Gasteiger charge is -2.26. The third-order valence-electron chi connectivity index (χ3n) is 4.70. The summed E-state index contributed by atoms with van der Waals surface area (Å²) in [5.74, 6) is -1.93. The molecule has 1 saturated heterocycles. The smallest absolute Gasteiger partial charge is 0.451 e. The second-order valence-corrected chi connectivity index (χ2v) is 8.66. The van der Waals surface area contributed by atoms with Crippen LogP contribution in [0.3, 0.4) is 0 Å². The van der Waals surface area contributed by atoms with E-state index in [2.05, 4.69) is 4.72 Å². The topological polar surface area (TPSA) is 179 Å². The quantitative estimate of drug-likeness (QED) is 0.230. The average molecular weight is 380 g/mol. The van der Waals surface area contributed by atoms with Gasteiger partial charge in [-0.3, -0.25) is 4.79 Å². The van der Waals surface area contributed by atoms with Crippen molar-refractivity contribution in [3.05, 3.63) is 0 Å². The van der Waals surface area contributed by atoms with Gasteiger partial charge in [-0.2, -0.15) is 17.4 Å². The summed E-state index contributed by atoms with van der Waals surface area (Å²) in [4.78, 5) is 11.6. The highest BCUT2D eigenvalue weighted by molar-refractivity contribution is 7.87. The Morgan fingerprint density at radius 3 is 2.48 bits per heavy atom. The predicted octanol–water partition coefficient (Wildman–Crippen LogP) is -2.23. The Morgan fingerprint density at radius 2 is 2.04 bits per heavy atom. The van der Waals surface area contributed by atoms with Crippen molar-refractivity contribution in [2.45, 2.75) is 44.6 Å². The summed E-state index contributed by atoms with van der Waals surface area (Å²) >= 11 is 0. The molecule has 1 heterocycles. The van der Waals surface area contributed by atoms with E-state index in [4.69, 9.17) is 21.5 Å². The van der Waals surface area contributed by atoms with E-state index in [-0.39, 0.29) is 38.3 Å². The maximum absolute atomic E-state index is 12.6. The molecule has 0 bridgehead atoms. The summed E-state index contributed by atoms with van der Waals surface area (Å²) in [6, 6.07) is -0.467. The molecular formula is C13H29BN4O6S. The summed E-state index contributed by atoms with van der Waals surface area (Å²) in [5.41, 5.74) is 9.86. The molecule has 0 amide bonds. The van der Waals surface area contributed by atoms with Gasteiger partial charge in [-0.15, -0.1) is 0 Å². The number of nitrogens with one attached hydrogen (secondary N) is 1. The molecule has 0 radical (unpaired) electrons. The Morgan fingerprint density at radius 1 is 1.44 bits per heavy atom. The summed E-state index contributed by atoms with van der Waals surface area (Å²) in [6.45, 7) is 3.39. The molecule has 8 N–H and O–H groups in total. The third kappa shape index (κ3) is 5.61. The minimum atomic E-state index is -3.93. The van der Waals surface area contributed by atoms with E-state index in [1.807, 2.05) is 13.8 Å². The van der Waals surface area contributed by atoms with Crippen molar-refractivity contribution in [3.63, 3.8) is 0 Å². The standard InChI is InChI=1S/C13H29BN4O6S/c1-9(2)11(6-15)17-25(23,24)18-7-10(4-3-5-14(21)22)13(16,8-18)12(19)20/h9-11,17,21-22H,3-8,15-16H2,1-2H3,(H,19,20)/t10-,11-,13-/m0/s1. The number of nitrogens with zero attached hydrogens (tertiary/aromatic N) is 1. The first-order chi connectivity index (χ1) is 11.4. The van der Waals surface area contributed by atoms with Crippen molar-refractivity contribution >= 4 is 23.3 Å². The number of carbonyl (C=O) groups is 1. The number of aliphatic carboxylic acids is 1. The number of carboxylic acid groups (broad SMARTS) is 1. The van der Waals surface area contributed by atoms with Crippen molar-refractivity contribution in [3.8, 4) is 0 Å². The van der Waals surface area contributed by atoms with Gasteiger partial charge in [0.15, 0.2) is 0 Å². The van der Waals surface area contributed by atoms with Gasteiger partial charge in [0.25, 0.3) is 10.2 Å². The lowest BCUT2D eigenvalue weighted by molar-refractivity contribution is -0.144. The van der Waals surface area contributed by atoms with E-state index >= 15 is 0 Å². The Hall–Kier alpha value is -0.755. The SMILES string of the molecule is CC(C)[C@H](CN)NS(=O)(=O)N1C[C@H](CCCB(O)O)[C@](N)(C(=O)O)C1. The van der Waals surface area contributed by atoms with Crippen LogP contribution in [0.4, 0.5) is 0 Å². The van der Waals surface area contributed by atoms with Gasteiger partial charge in [-0.1, -0.05) is 20.3 Å². The van der Waals surface area contributed by atoms with E-state index in [0.717, 1.165) is 4.31 Å². The lowest BCUT2D eigenvalue weighted by atomic mass is 9.78. The highest BCUT2D eigenvalue weighted by atomic mass is 32.2. The van der Waals surface area contributed by atoms with Crippen molar-refractivity contribution in [2.24, 2.45) is 23.3 Å². The van der Waals surface area contributed by atoms with Crippen molar-refractivity contribution < 1.29 is 28.4 Å². The molecule has 0 aromatic heterocycles. The molecule has 1 fully saturated rings. The van der Waals surface area contributed by atoms with E-state index < -0.39 is 40.8 Å². The van der Waals surface area contributed by atoms with E-state index in [9.17, 15) is 18.3 Å². The van der Waals surface area contributed by atoms with Gasteiger partial charge in [0, 0.05) is 31.6 Å². The van der Waals surface area contributed by atoms with Gasteiger partial charge in [-0.25, -0.2) is 0 Å². The van der Waals surface area contributed by atoms with Crippen LogP contribution in [0.15, 0.2) is 0 Å². The maximum atomic E-state index is 12.6. The lowest BCUT2D eigenvalue weighted by Crippen LogP contribution is -2.56. The molecule has 1 aliphatic heterocycles. The number of hydrogen-bond acceptors (Lipinski definition) is 7. The summed E-state index contributed by atoms with van der Waals surface area (Å²) < 4.78 is 28.7. The highest BCUT2D eigenvalue weighted by Crippen LogP contribution is 2.32. The van der Waals surface area contributed by atoms with Gasteiger partial charge >= 0.3 is 13.1 Å². The van der Waals surface area contributed by atoms with Gasteiger partial charge < -0.3 is 26.6 Å². The molecule has 1 rings (SSSR count). The Balaban J connectivity index is 2.90. The minimum Gasteiger partial charge on any atom is -0.480 e. The second-order valence-electron chi connectivity index (χ2n) is 6.96. The van der Waals surface area contributed by atoms with Gasteiger partial charge in [0.05, 0.1) is 0 Å². The van der Waals surface area contributed by atoms with Crippen LogP contribution in [0.5, 0.6) is 0 Å². The first-order valence-electron chi connectivity index (χ1n) is 8.30. The maximum Gasteiger partial charge on any atom is 0.451 e. The number of hydrogen-bond donors (Lipinski definition) is 6. The molecule has 3 atom stereocenters. The zero-order valence-corrected chi connectivity index (χ0v) is 15.4. The molecule has 1 aliphatic rings. The Kier molecular flexibility index (Phi) is 7.81.